The van der Waals surface area contributed by atoms with Crippen molar-refractivity contribution in [3.63, 3.8) is 0 Å². The van der Waals surface area contributed by atoms with E-state index < -0.39 is 0 Å². The van der Waals surface area contributed by atoms with E-state index in [4.69, 9.17) is 0 Å². The minimum Gasteiger partial charge on any atom is -0.348 e. The van der Waals surface area contributed by atoms with Crippen LogP contribution >= 0.6 is 0 Å². The van der Waals surface area contributed by atoms with Crippen LogP contribution in [-0.4, -0.2) is 23.9 Å². The minimum atomic E-state index is -0.0167. The van der Waals surface area contributed by atoms with E-state index in [9.17, 15) is 4.79 Å². The summed E-state index contributed by atoms with van der Waals surface area (Å²) in [6.45, 7) is 6.23. The zero-order valence-electron chi connectivity index (χ0n) is 14.4. The van der Waals surface area contributed by atoms with E-state index >= 15 is 0 Å². The average Bonchev–Trinajstić information content (AvgIpc) is 2.61. The smallest absolute Gasteiger partial charge is 0.251 e. The van der Waals surface area contributed by atoms with Crippen LogP contribution in [0.15, 0.2) is 54.6 Å². The van der Waals surface area contributed by atoms with Crippen molar-refractivity contribution in [2.24, 2.45) is 5.92 Å². The molecule has 1 aliphatic rings. The van der Waals surface area contributed by atoms with Gasteiger partial charge in [-0.15, -0.1) is 0 Å². The van der Waals surface area contributed by atoms with Gasteiger partial charge in [0.15, 0.2) is 0 Å². The highest BCUT2D eigenvalue weighted by Crippen LogP contribution is 2.18. The quantitative estimate of drug-likeness (QED) is 0.907. The predicted molar refractivity (Wildman–Crippen MR) is 97.7 cm³/mol. The van der Waals surface area contributed by atoms with Gasteiger partial charge in [-0.25, -0.2) is 0 Å². The summed E-state index contributed by atoms with van der Waals surface area (Å²) >= 11 is 0. The van der Waals surface area contributed by atoms with Gasteiger partial charge in [-0.3, -0.25) is 9.69 Å². The lowest BCUT2D eigenvalue weighted by atomic mass is 9.99. The fourth-order valence-corrected chi connectivity index (χ4v) is 3.33. The minimum absolute atomic E-state index is 0.0167. The standard InChI is InChI=1S/C21H26N2O/c1-17-6-5-13-23(15-17)16-19-9-11-20(12-10-19)21(24)22-14-18-7-3-2-4-8-18/h2-4,7-12,17H,5-6,13-16H2,1H3,(H,22,24)/t17-/m1/s1. The van der Waals surface area contributed by atoms with Gasteiger partial charge in [0.25, 0.3) is 5.91 Å². The molecular formula is C21H26N2O. The number of carbonyl (C=O) groups excluding carboxylic acids is 1. The van der Waals surface area contributed by atoms with Crippen molar-refractivity contribution in [1.29, 1.82) is 0 Å². The lowest BCUT2D eigenvalue weighted by molar-refractivity contribution is 0.0951. The number of hydrogen-bond donors (Lipinski definition) is 1. The maximum absolute atomic E-state index is 12.2. The van der Waals surface area contributed by atoms with E-state index in [1.54, 1.807) is 0 Å². The van der Waals surface area contributed by atoms with Crippen molar-refractivity contribution in [2.75, 3.05) is 13.1 Å². The molecule has 0 bridgehead atoms. The van der Waals surface area contributed by atoms with Gasteiger partial charge in [-0.05, 0) is 48.6 Å². The van der Waals surface area contributed by atoms with Gasteiger partial charge in [0.05, 0.1) is 0 Å². The normalized spacial score (nSPS) is 18.3. The van der Waals surface area contributed by atoms with E-state index in [-0.39, 0.29) is 5.91 Å². The summed E-state index contributed by atoms with van der Waals surface area (Å²) in [6.07, 6.45) is 2.64. The van der Waals surface area contributed by atoms with Gasteiger partial charge in [0.2, 0.25) is 0 Å². The molecule has 3 rings (SSSR count). The lowest BCUT2D eigenvalue weighted by Crippen LogP contribution is -2.33. The van der Waals surface area contributed by atoms with E-state index in [2.05, 4.69) is 29.3 Å². The molecule has 126 valence electrons. The second kappa shape index (κ2) is 8.11. The van der Waals surface area contributed by atoms with Crippen LogP contribution in [0.2, 0.25) is 0 Å². The Bertz CT molecular complexity index is 651. The first kappa shape index (κ1) is 16.7. The molecule has 0 saturated carbocycles. The molecule has 2 aromatic rings. The second-order valence-corrected chi connectivity index (χ2v) is 6.85. The zero-order valence-corrected chi connectivity index (χ0v) is 14.4. The average molecular weight is 322 g/mol. The topological polar surface area (TPSA) is 32.3 Å². The van der Waals surface area contributed by atoms with Crippen molar-refractivity contribution in [3.05, 3.63) is 71.3 Å². The van der Waals surface area contributed by atoms with Crippen LogP contribution in [-0.2, 0) is 13.1 Å². The Balaban J connectivity index is 1.52. The van der Waals surface area contributed by atoms with E-state index in [1.807, 2.05) is 42.5 Å². The summed E-state index contributed by atoms with van der Waals surface area (Å²) in [5.41, 5.74) is 3.12. The molecule has 1 heterocycles. The number of hydrogen-bond acceptors (Lipinski definition) is 2. The molecule has 1 saturated heterocycles. The number of rotatable bonds is 5. The van der Waals surface area contributed by atoms with Gasteiger partial charge < -0.3 is 5.32 Å². The molecule has 2 aromatic carbocycles. The predicted octanol–water partition coefficient (Wildman–Crippen LogP) is 3.85. The van der Waals surface area contributed by atoms with Crippen molar-refractivity contribution in [1.82, 2.24) is 10.2 Å². The largest absolute Gasteiger partial charge is 0.348 e. The van der Waals surface area contributed by atoms with E-state index in [0.717, 1.165) is 23.6 Å². The molecule has 1 amide bonds. The monoisotopic (exact) mass is 322 g/mol. The highest BCUT2D eigenvalue weighted by Gasteiger charge is 2.16. The van der Waals surface area contributed by atoms with Gasteiger partial charge in [0.1, 0.15) is 0 Å². The van der Waals surface area contributed by atoms with Gasteiger partial charge in [-0.2, -0.15) is 0 Å². The summed E-state index contributed by atoms with van der Waals surface area (Å²) in [5, 5.41) is 2.97. The van der Waals surface area contributed by atoms with Gasteiger partial charge in [0, 0.05) is 25.2 Å². The molecule has 1 atom stereocenters. The van der Waals surface area contributed by atoms with Crippen molar-refractivity contribution in [3.8, 4) is 0 Å². The molecule has 1 N–H and O–H groups in total. The maximum Gasteiger partial charge on any atom is 0.251 e. The van der Waals surface area contributed by atoms with Gasteiger partial charge in [-0.1, -0.05) is 49.4 Å². The summed E-state index contributed by atoms with van der Waals surface area (Å²) in [5.74, 6) is 0.777. The Morgan fingerprint density at radius 1 is 1.08 bits per heavy atom. The highest BCUT2D eigenvalue weighted by atomic mass is 16.1. The van der Waals surface area contributed by atoms with Crippen molar-refractivity contribution in [2.45, 2.75) is 32.9 Å². The Hall–Kier alpha value is -2.13. The third-order valence-corrected chi connectivity index (χ3v) is 4.66. The first-order chi connectivity index (χ1) is 11.7. The summed E-state index contributed by atoms with van der Waals surface area (Å²) in [6, 6.07) is 18.0. The first-order valence-corrected chi connectivity index (χ1v) is 8.84. The van der Waals surface area contributed by atoms with Crippen LogP contribution in [0.25, 0.3) is 0 Å². The molecule has 0 aliphatic carbocycles. The molecule has 3 nitrogen and oxygen atoms in total. The molecule has 24 heavy (non-hydrogen) atoms. The van der Waals surface area contributed by atoms with Crippen molar-refractivity contribution >= 4 is 5.91 Å². The van der Waals surface area contributed by atoms with Crippen LogP contribution in [0.5, 0.6) is 0 Å². The molecule has 3 heteroatoms. The third kappa shape index (κ3) is 4.68. The molecule has 0 radical (unpaired) electrons. The van der Waals surface area contributed by atoms with Crippen molar-refractivity contribution < 1.29 is 4.79 Å². The Labute approximate surface area is 144 Å². The van der Waals surface area contributed by atoms with E-state index in [0.29, 0.717) is 6.54 Å². The summed E-state index contributed by atoms with van der Waals surface area (Å²) < 4.78 is 0. The molecule has 0 spiro atoms. The third-order valence-electron chi connectivity index (χ3n) is 4.66. The Kier molecular flexibility index (Phi) is 5.65. The molecule has 1 aliphatic heterocycles. The van der Waals surface area contributed by atoms with Crippen LogP contribution < -0.4 is 5.32 Å². The molecule has 0 aromatic heterocycles. The number of carbonyl (C=O) groups is 1. The fourth-order valence-electron chi connectivity index (χ4n) is 3.33. The number of benzene rings is 2. The number of nitrogens with one attached hydrogen (secondary N) is 1. The number of amides is 1. The maximum atomic E-state index is 12.2. The summed E-state index contributed by atoms with van der Waals surface area (Å²) in [4.78, 5) is 14.8. The fraction of sp³-hybridized carbons (Fsp3) is 0.381. The Morgan fingerprint density at radius 2 is 1.83 bits per heavy atom. The Morgan fingerprint density at radius 3 is 2.54 bits per heavy atom. The second-order valence-electron chi connectivity index (χ2n) is 6.85. The molecule has 1 fully saturated rings. The summed E-state index contributed by atoms with van der Waals surface area (Å²) in [7, 11) is 0. The number of likely N-dealkylation sites (tertiary alicyclic amines) is 1. The van der Waals surface area contributed by atoms with Crippen LogP contribution in [0, 0.1) is 5.92 Å². The molecule has 0 unspecified atom stereocenters. The zero-order chi connectivity index (χ0) is 16.8. The number of nitrogens with zero attached hydrogens (tertiary/aromatic N) is 1. The highest BCUT2D eigenvalue weighted by molar-refractivity contribution is 5.94. The lowest BCUT2D eigenvalue weighted by Gasteiger charge is -2.30. The number of piperidine rings is 1. The molecular weight excluding hydrogens is 296 g/mol. The first-order valence-electron chi connectivity index (χ1n) is 8.84. The van der Waals surface area contributed by atoms with E-state index in [1.165, 1.54) is 31.5 Å². The van der Waals surface area contributed by atoms with Crippen LogP contribution in [0.1, 0.15) is 41.3 Å². The van der Waals surface area contributed by atoms with Gasteiger partial charge >= 0.3 is 0 Å². The van der Waals surface area contributed by atoms with Crippen LogP contribution in [0.3, 0.4) is 0 Å². The SMILES string of the molecule is C[C@@H]1CCCN(Cc2ccc(C(=O)NCc3ccccc3)cc2)C1. The van der Waals surface area contributed by atoms with Crippen LogP contribution in [0.4, 0.5) is 0 Å².